The van der Waals surface area contributed by atoms with Gasteiger partial charge >= 0.3 is 11.7 Å². The van der Waals surface area contributed by atoms with Gasteiger partial charge in [0.1, 0.15) is 18.8 Å². The third kappa shape index (κ3) is 5.78. The highest BCUT2D eigenvalue weighted by molar-refractivity contribution is 5.91. The van der Waals surface area contributed by atoms with Crippen molar-refractivity contribution in [2.24, 2.45) is 0 Å². The molecule has 0 spiro atoms. The molecule has 4 rings (SSSR count). The van der Waals surface area contributed by atoms with E-state index in [1.807, 2.05) is 60.7 Å². The second kappa shape index (κ2) is 10.9. The van der Waals surface area contributed by atoms with Gasteiger partial charge in [-0.2, -0.15) is 0 Å². The number of esters is 1. The van der Waals surface area contributed by atoms with Crippen LogP contribution in [0.2, 0.25) is 0 Å². The number of hydrogen-bond acceptors (Lipinski definition) is 6. The predicted molar refractivity (Wildman–Crippen MR) is 128 cm³/mol. The number of hydrogen-bond donors (Lipinski definition) is 1. The molecular weight excluding hydrogens is 448 g/mol. The van der Waals surface area contributed by atoms with E-state index in [2.05, 4.69) is 16.8 Å². The van der Waals surface area contributed by atoms with Gasteiger partial charge < -0.3 is 14.2 Å². The lowest BCUT2D eigenvalue weighted by molar-refractivity contribution is -0.136. The first kappa shape index (κ1) is 23.4. The molecule has 176 valence electrons. The Kier molecular flexibility index (Phi) is 7.28. The molecule has 0 saturated carbocycles. The molecule has 2 aromatic carbocycles. The topological polar surface area (TPSA) is 99.6 Å². The summed E-state index contributed by atoms with van der Waals surface area (Å²) in [6.45, 7) is 1.92. The molecule has 1 N–H and O–H groups in total. The Morgan fingerprint density at radius 3 is 2.11 bits per heavy atom. The fraction of sp³-hybridized carbons (Fsp3) is 0.148. The van der Waals surface area contributed by atoms with Crippen molar-refractivity contribution >= 4 is 5.97 Å². The van der Waals surface area contributed by atoms with Gasteiger partial charge in [-0.25, -0.2) is 9.59 Å². The van der Waals surface area contributed by atoms with E-state index in [0.29, 0.717) is 0 Å². The highest BCUT2D eigenvalue weighted by Gasteiger charge is 2.34. The van der Waals surface area contributed by atoms with Crippen LogP contribution in [0.3, 0.4) is 0 Å². The van der Waals surface area contributed by atoms with Crippen molar-refractivity contribution in [2.45, 2.75) is 26.7 Å². The third-order valence-electron chi connectivity index (χ3n) is 5.01. The molecule has 0 fully saturated rings. The standard InChI is InChI=1S/C27H22N2O6/c1-2-9-21-16-29(27(32)28-25(21)30)15-14-22-23(33-17-19-10-5-3-6-11-19)24(26(31)35-22)34-18-20-12-7-4-8-13-20/h3-8,10-14,16H,15,17-18H2,1H3,(H,28,30,32)/b22-14-. The summed E-state index contributed by atoms with van der Waals surface area (Å²) in [5.74, 6) is 4.80. The fourth-order valence-corrected chi connectivity index (χ4v) is 3.30. The number of ether oxygens (including phenoxy) is 3. The summed E-state index contributed by atoms with van der Waals surface area (Å²) in [5, 5.41) is 0. The summed E-state index contributed by atoms with van der Waals surface area (Å²) in [4.78, 5) is 39.0. The van der Waals surface area contributed by atoms with Gasteiger partial charge in [-0.1, -0.05) is 66.6 Å². The molecule has 1 aliphatic rings. The van der Waals surface area contributed by atoms with Gasteiger partial charge in [-0.15, -0.1) is 5.92 Å². The number of H-pyrrole nitrogens is 1. The smallest absolute Gasteiger partial charge is 0.383 e. The van der Waals surface area contributed by atoms with Gasteiger partial charge in [0.2, 0.25) is 5.76 Å². The van der Waals surface area contributed by atoms with E-state index >= 15 is 0 Å². The van der Waals surface area contributed by atoms with Gasteiger partial charge in [0, 0.05) is 12.7 Å². The molecule has 3 aromatic rings. The normalized spacial score (nSPS) is 13.9. The largest absolute Gasteiger partial charge is 0.481 e. The molecule has 0 atom stereocenters. The van der Waals surface area contributed by atoms with Crippen molar-refractivity contribution in [1.82, 2.24) is 9.55 Å². The van der Waals surface area contributed by atoms with Crippen LogP contribution < -0.4 is 11.2 Å². The van der Waals surface area contributed by atoms with Crippen LogP contribution >= 0.6 is 0 Å². The average molecular weight is 470 g/mol. The number of benzene rings is 2. The molecule has 35 heavy (non-hydrogen) atoms. The number of nitrogens with one attached hydrogen (secondary N) is 1. The van der Waals surface area contributed by atoms with E-state index in [4.69, 9.17) is 14.2 Å². The van der Waals surface area contributed by atoms with Gasteiger partial charge in [0.05, 0.1) is 0 Å². The van der Waals surface area contributed by atoms with Crippen molar-refractivity contribution in [3.63, 3.8) is 0 Å². The van der Waals surface area contributed by atoms with Crippen LogP contribution in [-0.2, 0) is 38.8 Å². The third-order valence-corrected chi connectivity index (χ3v) is 5.01. The first-order valence-corrected chi connectivity index (χ1v) is 10.8. The van der Waals surface area contributed by atoms with E-state index in [1.54, 1.807) is 6.92 Å². The van der Waals surface area contributed by atoms with Crippen LogP contribution in [-0.4, -0.2) is 15.5 Å². The second-order valence-electron chi connectivity index (χ2n) is 7.49. The molecule has 2 heterocycles. The van der Waals surface area contributed by atoms with E-state index in [1.165, 1.54) is 16.8 Å². The molecular formula is C27H22N2O6. The first-order valence-electron chi connectivity index (χ1n) is 10.8. The molecule has 0 aliphatic carbocycles. The predicted octanol–water partition coefficient (Wildman–Crippen LogP) is 2.99. The number of carbonyl (C=O) groups excluding carboxylic acids is 1. The average Bonchev–Trinajstić information content (AvgIpc) is 3.17. The Morgan fingerprint density at radius 2 is 1.51 bits per heavy atom. The van der Waals surface area contributed by atoms with Crippen LogP contribution in [0.15, 0.2) is 99.8 Å². The minimum Gasteiger partial charge on any atom is -0.481 e. The number of cyclic esters (lactones) is 1. The number of aromatic amines is 1. The first-order chi connectivity index (χ1) is 17.0. The SMILES string of the molecule is CC#Cc1cn(C/C=C2\OC(=O)C(OCc3ccccc3)=C2OCc2ccccc2)c(=O)[nH]c1=O. The van der Waals surface area contributed by atoms with Crippen LogP contribution in [0, 0.1) is 11.8 Å². The van der Waals surface area contributed by atoms with Crippen LogP contribution in [0.1, 0.15) is 23.6 Å². The molecule has 0 amide bonds. The Balaban J connectivity index is 1.63. The number of carbonyl (C=O) groups is 1. The Bertz CT molecular complexity index is 1450. The zero-order chi connectivity index (χ0) is 24.6. The Labute approximate surface area is 201 Å². The van der Waals surface area contributed by atoms with Gasteiger partial charge in [0.25, 0.3) is 11.3 Å². The molecule has 0 unspecified atom stereocenters. The molecule has 0 bridgehead atoms. The summed E-state index contributed by atoms with van der Waals surface area (Å²) in [6, 6.07) is 18.8. The summed E-state index contributed by atoms with van der Waals surface area (Å²) < 4.78 is 18.4. The summed E-state index contributed by atoms with van der Waals surface area (Å²) in [7, 11) is 0. The van der Waals surface area contributed by atoms with Gasteiger partial charge in [0.15, 0.2) is 5.76 Å². The zero-order valence-corrected chi connectivity index (χ0v) is 18.9. The van der Waals surface area contributed by atoms with E-state index in [0.717, 1.165) is 11.1 Å². The number of aromatic nitrogens is 2. The molecule has 1 aliphatic heterocycles. The maximum absolute atomic E-state index is 12.6. The minimum atomic E-state index is -0.693. The van der Waals surface area contributed by atoms with Crippen LogP contribution in [0.5, 0.6) is 0 Å². The molecule has 0 radical (unpaired) electrons. The Morgan fingerprint density at radius 1 is 0.914 bits per heavy atom. The molecule has 1 aromatic heterocycles. The summed E-state index contributed by atoms with van der Waals surface area (Å²) in [5.41, 5.74) is 0.729. The zero-order valence-electron chi connectivity index (χ0n) is 18.9. The lowest BCUT2D eigenvalue weighted by Crippen LogP contribution is -2.30. The van der Waals surface area contributed by atoms with Gasteiger partial charge in [-0.05, 0) is 24.1 Å². The van der Waals surface area contributed by atoms with Crippen LogP contribution in [0.4, 0.5) is 0 Å². The summed E-state index contributed by atoms with van der Waals surface area (Å²) >= 11 is 0. The number of rotatable bonds is 8. The minimum absolute atomic E-state index is 0.000777. The maximum atomic E-state index is 12.6. The number of nitrogens with zero attached hydrogens (tertiary/aromatic N) is 1. The highest BCUT2D eigenvalue weighted by atomic mass is 16.6. The number of allylic oxidation sites excluding steroid dienone is 1. The van der Waals surface area contributed by atoms with E-state index in [-0.39, 0.29) is 42.6 Å². The second-order valence-corrected chi connectivity index (χ2v) is 7.49. The Hall–Kier alpha value is -4.77. The van der Waals surface area contributed by atoms with Crippen molar-refractivity contribution in [3.05, 3.63) is 128 Å². The monoisotopic (exact) mass is 470 g/mol. The fourth-order valence-electron chi connectivity index (χ4n) is 3.30. The van der Waals surface area contributed by atoms with Crippen molar-refractivity contribution in [1.29, 1.82) is 0 Å². The quantitative estimate of drug-likeness (QED) is 0.401. The molecule has 0 saturated heterocycles. The van der Waals surface area contributed by atoms with E-state index in [9.17, 15) is 14.4 Å². The maximum Gasteiger partial charge on any atom is 0.383 e. The van der Waals surface area contributed by atoms with Crippen LogP contribution in [0.25, 0.3) is 0 Å². The van der Waals surface area contributed by atoms with E-state index < -0.39 is 17.2 Å². The van der Waals surface area contributed by atoms with Crippen molar-refractivity contribution in [2.75, 3.05) is 0 Å². The molecule has 8 nitrogen and oxygen atoms in total. The lowest BCUT2D eigenvalue weighted by Gasteiger charge is -2.10. The lowest BCUT2D eigenvalue weighted by atomic mass is 10.2. The van der Waals surface area contributed by atoms with Crippen molar-refractivity contribution in [3.8, 4) is 11.8 Å². The van der Waals surface area contributed by atoms with Crippen molar-refractivity contribution < 1.29 is 19.0 Å². The highest BCUT2D eigenvalue weighted by Crippen LogP contribution is 2.30. The van der Waals surface area contributed by atoms with Gasteiger partial charge in [-0.3, -0.25) is 14.3 Å². The summed E-state index contributed by atoms with van der Waals surface area (Å²) in [6.07, 6.45) is 2.87. The molecule has 8 heteroatoms.